The van der Waals surface area contributed by atoms with E-state index in [1.807, 2.05) is 0 Å². The van der Waals surface area contributed by atoms with Gasteiger partial charge in [0.2, 0.25) is 0 Å². The second kappa shape index (κ2) is 7.62. The lowest BCUT2D eigenvalue weighted by molar-refractivity contribution is 1.18. The van der Waals surface area contributed by atoms with Gasteiger partial charge in [-0.25, -0.2) is 0 Å². The Morgan fingerprint density at radius 1 is 0.385 bits per heavy atom. The molecule has 3 aromatic heterocycles. The molecule has 0 aliphatic rings. The maximum absolute atomic E-state index is 3.72. The molecule has 0 atom stereocenters. The number of hydrogen-bond donors (Lipinski definition) is 1. The summed E-state index contributed by atoms with van der Waals surface area (Å²) in [5.41, 5.74) is 9.54. The van der Waals surface area contributed by atoms with Gasteiger partial charge in [-0.15, -0.1) is 0 Å². The highest BCUT2D eigenvalue weighted by atomic mass is 15.0. The topological polar surface area (TPSA) is 25.6 Å². The molecule has 1 N–H and O–H groups in total. The fourth-order valence-electron chi connectivity index (χ4n) is 6.61. The molecule has 0 radical (unpaired) electrons. The molecule has 9 aromatic rings. The van der Waals surface area contributed by atoms with Crippen LogP contribution in [0.15, 0.2) is 133 Å². The molecule has 0 saturated carbocycles. The highest BCUT2D eigenvalue weighted by Crippen LogP contribution is 2.40. The van der Waals surface area contributed by atoms with E-state index in [1.54, 1.807) is 0 Å². The molecule has 182 valence electrons. The number of para-hydroxylation sites is 4. The lowest BCUT2D eigenvalue weighted by Gasteiger charge is -2.10. The predicted molar refractivity (Wildman–Crippen MR) is 164 cm³/mol. The van der Waals surface area contributed by atoms with Gasteiger partial charge in [0.15, 0.2) is 0 Å². The highest BCUT2D eigenvalue weighted by molar-refractivity contribution is 6.25. The zero-order chi connectivity index (χ0) is 25.5. The van der Waals surface area contributed by atoms with E-state index in [2.05, 4.69) is 148 Å². The van der Waals surface area contributed by atoms with Crippen LogP contribution in [0.25, 0.3) is 76.8 Å². The van der Waals surface area contributed by atoms with Gasteiger partial charge in [0.25, 0.3) is 0 Å². The van der Waals surface area contributed by atoms with Crippen LogP contribution in [0.3, 0.4) is 0 Å². The minimum Gasteiger partial charge on any atom is -0.354 e. The van der Waals surface area contributed by atoms with Crippen LogP contribution in [0.2, 0.25) is 0 Å². The molecule has 3 heterocycles. The molecule has 0 saturated heterocycles. The lowest BCUT2D eigenvalue weighted by Crippen LogP contribution is -1.94. The van der Waals surface area contributed by atoms with Crippen molar-refractivity contribution in [2.24, 2.45) is 0 Å². The largest absolute Gasteiger partial charge is 0.354 e. The molecular weight excluding hydrogens is 474 g/mol. The summed E-state index contributed by atoms with van der Waals surface area (Å²) in [6.45, 7) is 0. The minimum absolute atomic E-state index is 1.15. The quantitative estimate of drug-likeness (QED) is 0.246. The summed E-state index contributed by atoms with van der Waals surface area (Å²) >= 11 is 0. The van der Waals surface area contributed by atoms with Crippen molar-refractivity contribution in [3.8, 4) is 11.4 Å². The van der Waals surface area contributed by atoms with Gasteiger partial charge in [0.1, 0.15) is 0 Å². The number of nitrogens with zero attached hydrogens (tertiary/aromatic N) is 2. The number of benzene rings is 6. The number of aromatic nitrogens is 3. The van der Waals surface area contributed by atoms with E-state index >= 15 is 0 Å². The van der Waals surface area contributed by atoms with Gasteiger partial charge in [0.05, 0.1) is 22.1 Å². The number of aromatic amines is 1. The van der Waals surface area contributed by atoms with Crippen molar-refractivity contribution in [2.45, 2.75) is 0 Å². The van der Waals surface area contributed by atoms with Crippen molar-refractivity contribution in [2.75, 3.05) is 0 Å². The zero-order valence-electron chi connectivity index (χ0n) is 21.1. The van der Waals surface area contributed by atoms with Crippen LogP contribution in [0.1, 0.15) is 0 Å². The van der Waals surface area contributed by atoms with Crippen LogP contribution in [0.4, 0.5) is 0 Å². The van der Waals surface area contributed by atoms with Crippen LogP contribution < -0.4 is 0 Å². The normalized spacial score (nSPS) is 12.1. The van der Waals surface area contributed by atoms with Gasteiger partial charge in [-0.05, 0) is 54.6 Å². The third-order valence-corrected chi connectivity index (χ3v) is 8.23. The second-order valence-corrected chi connectivity index (χ2v) is 10.3. The molecule has 0 unspecified atom stereocenters. The molecule has 0 bridgehead atoms. The molecular formula is C36H23N3. The Bertz CT molecular complexity index is 2330. The Kier molecular flexibility index (Phi) is 4.05. The van der Waals surface area contributed by atoms with Crippen molar-refractivity contribution in [1.82, 2.24) is 14.1 Å². The van der Waals surface area contributed by atoms with Crippen LogP contribution in [0.5, 0.6) is 0 Å². The summed E-state index contributed by atoms with van der Waals surface area (Å²) in [7, 11) is 0. The fraction of sp³-hybridized carbons (Fsp3) is 0. The van der Waals surface area contributed by atoms with Crippen molar-refractivity contribution in [1.29, 1.82) is 0 Å². The number of hydrogen-bond acceptors (Lipinski definition) is 0. The Morgan fingerprint density at radius 3 is 1.64 bits per heavy atom. The van der Waals surface area contributed by atoms with E-state index in [9.17, 15) is 0 Å². The first-order chi connectivity index (χ1) is 19.4. The van der Waals surface area contributed by atoms with Crippen LogP contribution >= 0.6 is 0 Å². The van der Waals surface area contributed by atoms with Gasteiger partial charge >= 0.3 is 0 Å². The summed E-state index contributed by atoms with van der Waals surface area (Å²) in [5, 5.41) is 7.58. The molecule has 0 amide bonds. The highest BCUT2D eigenvalue weighted by Gasteiger charge is 2.19. The SMILES string of the molecule is c1ccc(-n2c3ccccc3c3ccc4[nH]c5ccc(-n6c7ccccc7c7ccccc76)cc5c4c32)cc1. The Labute approximate surface area is 224 Å². The van der Waals surface area contributed by atoms with Crippen molar-refractivity contribution >= 4 is 65.4 Å². The fourth-order valence-corrected chi connectivity index (χ4v) is 6.61. The van der Waals surface area contributed by atoms with Gasteiger partial charge in [-0.3, -0.25) is 0 Å². The maximum Gasteiger partial charge on any atom is 0.0641 e. The first-order valence-electron chi connectivity index (χ1n) is 13.4. The van der Waals surface area contributed by atoms with Gasteiger partial charge < -0.3 is 14.1 Å². The van der Waals surface area contributed by atoms with Gasteiger partial charge in [-0.1, -0.05) is 78.9 Å². The molecule has 9 rings (SSSR count). The summed E-state index contributed by atoms with van der Waals surface area (Å²) in [6.07, 6.45) is 0. The number of fused-ring (bicyclic) bond motifs is 10. The van der Waals surface area contributed by atoms with Crippen LogP contribution in [-0.2, 0) is 0 Å². The van der Waals surface area contributed by atoms with Crippen LogP contribution in [-0.4, -0.2) is 14.1 Å². The molecule has 39 heavy (non-hydrogen) atoms. The zero-order valence-corrected chi connectivity index (χ0v) is 21.1. The van der Waals surface area contributed by atoms with E-state index in [0.717, 1.165) is 11.0 Å². The third-order valence-electron chi connectivity index (χ3n) is 8.23. The first kappa shape index (κ1) is 20.7. The van der Waals surface area contributed by atoms with Gasteiger partial charge in [-0.2, -0.15) is 0 Å². The predicted octanol–water partition coefficient (Wildman–Crippen LogP) is 9.52. The summed E-state index contributed by atoms with van der Waals surface area (Å²) in [5.74, 6) is 0. The Morgan fingerprint density at radius 2 is 0.949 bits per heavy atom. The van der Waals surface area contributed by atoms with Gasteiger partial charge in [0, 0.05) is 54.7 Å². The molecule has 6 aromatic carbocycles. The number of rotatable bonds is 2. The first-order valence-corrected chi connectivity index (χ1v) is 13.4. The maximum atomic E-state index is 3.72. The van der Waals surface area contributed by atoms with E-state index in [4.69, 9.17) is 0 Å². The van der Waals surface area contributed by atoms with E-state index in [1.165, 1.54) is 65.8 Å². The molecule has 0 fully saturated rings. The van der Waals surface area contributed by atoms with Crippen molar-refractivity contribution in [3.63, 3.8) is 0 Å². The van der Waals surface area contributed by atoms with Crippen molar-refractivity contribution < 1.29 is 0 Å². The number of H-pyrrole nitrogens is 1. The number of nitrogens with one attached hydrogen (secondary N) is 1. The standard InChI is InChI=1S/C36H23N3/c1-2-10-23(11-3-1)39-34-17-9-6-14-27(34)28-19-21-31-35(36(28)39)29-22-24(18-20-30(29)37-31)38-32-15-7-4-12-25(32)26-13-5-8-16-33(26)38/h1-22,37H. The van der Waals surface area contributed by atoms with E-state index in [-0.39, 0.29) is 0 Å². The Balaban J connectivity index is 1.45. The van der Waals surface area contributed by atoms with E-state index in [0.29, 0.717) is 0 Å². The monoisotopic (exact) mass is 497 g/mol. The second-order valence-electron chi connectivity index (χ2n) is 10.3. The average Bonchev–Trinajstić information content (AvgIpc) is 3.65. The lowest BCUT2D eigenvalue weighted by atomic mass is 10.1. The van der Waals surface area contributed by atoms with Crippen LogP contribution in [0, 0.1) is 0 Å². The molecule has 0 aliphatic heterocycles. The summed E-state index contributed by atoms with van der Waals surface area (Å²) in [6, 6.07) is 48.2. The third kappa shape index (κ3) is 2.76. The van der Waals surface area contributed by atoms with E-state index < -0.39 is 0 Å². The average molecular weight is 498 g/mol. The smallest absolute Gasteiger partial charge is 0.0641 e. The van der Waals surface area contributed by atoms with Crippen molar-refractivity contribution in [3.05, 3.63) is 133 Å². The molecule has 0 aliphatic carbocycles. The molecule has 0 spiro atoms. The molecule has 3 heteroatoms. The molecule has 3 nitrogen and oxygen atoms in total. The minimum atomic E-state index is 1.15. The summed E-state index contributed by atoms with van der Waals surface area (Å²) < 4.78 is 4.82. The Hall–Kier alpha value is -5.28. The summed E-state index contributed by atoms with van der Waals surface area (Å²) in [4.78, 5) is 3.72.